The predicted octanol–water partition coefficient (Wildman–Crippen LogP) is 3.49. The third-order valence-corrected chi connectivity index (χ3v) is 5.79. The molecule has 1 atom stereocenters. The van der Waals surface area contributed by atoms with E-state index in [1.54, 1.807) is 49.3 Å². The maximum Gasteiger partial charge on any atom is 0.310 e. The van der Waals surface area contributed by atoms with Gasteiger partial charge in [-0.2, -0.15) is 0 Å². The van der Waals surface area contributed by atoms with Crippen LogP contribution >= 0.6 is 0 Å². The van der Waals surface area contributed by atoms with Crippen molar-refractivity contribution >= 4 is 23.7 Å². The lowest BCUT2D eigenvalue weighted by atomic mass is 9.98. The Kier molecular flexibility index (Phi) is 7.15. The van der Waals surface area contributed by atoms with Gasteiger partial charge < -0.3 is 23.8 Å². The van der Waals surface area contributed by atoms with Gasteiger partial charge in [-0.3, -0.25) is 14.4 Å². The van der Waals surface area contributed by atoms with Crippen LogP contribution in [0.1, 0.15) is 35.7 Å². The van der Waals surface area contributed by atoms with E-state index in [1.807, 2.05) is 18.2 Å². The number of fused-ring (bicyclic) bond motifs is 1. The van der Waals surface area contributed by atoms with E-state index >= 15 is 0 Å². The van der Waals surface area contributed by atoms with E-state index in [9.17, 15) is 14.4 Å². The molecule has 1 saturated heterocycles. The summed E-state index contributed by atoms with van der Waals surface area (Å²) in [5.41, 5.74) is 1.21. The summed E-state index contributed by atoms with van der Waals surface area (Å²) >= 11 is 0. The first kappa shape index (κ1) is 23.4. The molecule has 1 fully saturated rings. The van der Waals surface area contributed by atoms with Crippen LogP contribution in [0.2, 0.25) is 0 Å². The number of likely N-dealkylation sites (tertiary alicyclic amines) is 1. The van der Waals surface area contributed by atoms with Crippen LogP contribution in [0.5, 0.6) is 17.2 Å². The number of ether oxygens (including phenoxy) is 4. The zero-order valence-corrected chi connectivity index (χ0v) is 19.2. The second-order valence-corrected chi connectivity index (χ2v) is 8.09. The van der Waals surface area contributed by atoms with Crippen LogP contribution < -0.4 is 14.2 Å². The van der Waals surface area contributed by atoms with Crippen molar-refractivity contribution in [2.24, 2.45) is 5.92 Å². The lowest BCUT2D eigenvalue weighted by Gasteiger charge is -2.31. The fourth-order valence-corrected chi connectivity index (χ4v) is 4.03. The number of allylic oxidation sites excluding steroid dienone is 1. The fraction of sp³-hybridized carbons (Fsp3) is 0.346. The van der Waals surface area contributed by atoms with Crippen molar-refractivity contribution in [3.8, 4) is 17.2 Å². The monoisotopic (exact) mass is 465 g/mol. The van der Waals surface area contributed by atoms with Gasteiger partial charge in [-0.05, 0) is 55.7 Å². The number of piperidine rings is 1. The molecule has 2 aromatic carbocycles. The van der Waals surface area contributed by atoms with Crippen LogP contribution in [-0.2, 0) is 14.3 Å². The number of rotatable bonds is 7. The van der Waals surface area contributed by atoms with Gasteiger partial charge in [0.1, 0.15) is 17.2 Å². The summed E-state index contributed by atoms with van der Waals surface area (Å²) < 4.78 is 21.7. The molecule has 1 amide bonds. The number of methoxy groups -OCH3 is 1. The number of amides is 1. The molecule has 4 rings (SSSR count). The number of esters is 1. The molecule has 0 aliphatic carbocycles. The van der Waals surface area contributed by atoms with Gasteiger partial charge in [0, 0.05) is 19.2 Å². The maximum atomic E-state index is 12.7. The van der Waals surface area contributed by atoms with Gasteiger partial charge in [0.2, 0.25) is 5.78 Å². The number of Topliss-reactive ketones (excluding diaryl/α,β-unsaturated/α-hetero) is 1. The van der Waals surface area contributed by atoms with Gasteiger partial charge in [0.15, 0.2) is 12.4 Å². The fourth-order valence-electron chi connectivity index (χ4n) is 4.03. The first-order valence-electron chi connectivity index (χ1n) is 11.3. The first-order chi connectivity index (χ1) is 16.5. The molecule has 0 N–H and O–H groups in total. The van der Waals surface area contributed by atoms with Gasteiger partial charge in [-0.1, -0.05) is 12.1 Å². The smallest absolute Gasteiger partial charge is 0.310 e. The molecule has 0 bridgehead atoms. The second-order valence-electron chi connectivity index (χ2n) is 8.09. The zero-order chi connectivity index (χ0) is 24.1. The Morgan fingerprint density at radius 1 is 1.18 bits per heavy atom. The molecule has 34 heavy (non-hydrogen) atoms. The average molecular weight is 466 g/mol. The van der Waals surface area contributed by atoms with Crippen molar-refractivity contribution in [1.82, 2.24) is 4.90 Å². The van der Waals surface area contributed by atoms with Crippen LogP contribution in [0.4, 0.5) is 0 Å². The third-order valence-electron chi connectivity index (χ3n) is 5.79. The number of carbonyl (C=O) groups is 3. The molecular formula is C26H27NO7. The number of benzene rings is 2. The number of ketones is 1. The van der Waals surface area contributed by atoms with Crippen LogP contribution in [0.25, 0.3) is 6.08 Å². The predicted molar refractivity (Wildman–Crippen MR) is 124 cm³/mol. The van der Waals surface area contributed by atoms with Gasteiger partial charge in [0.05, 0.1) is 25.2 Å². The van der Waals surface area contributed by atoms with E-state index in [-0.39, 0.29) is 35.9 Å². The van der Waals surface area contributed by atoms with E-state index in [0.29, 0.717) is 48.9 Å². The summed E-state index contributed by atoms with van der Waals surface area (Å²) in [6.45, 7) is 2.84. The minimum absolute atomic E-state index is 0.172. The molecule has 0 spiro atoms. The van der Waals surface area contributed by atoms with Gasteiger partial charge in [0.25, 0.3) is 5.91 Å². The van der Waals surface area contributed by atoms with Crippen LogP contribution in [-0.4, -0.2) is 56.0 Å². The Balaban J connectivity index is 1.38. The quantitative estimate of drug-likeness (QED) is 0.457. The van der Waals surface area contributed by atoms with Crippen molar-refractivity contribution in [3.05, 3.63) is 59.4 Å². The van der Waals surface area contributed by atoms with Crippen molar-refractivity contribution in [1.29, 1.82) is 0 Å². The molecule has 8 heteroatoms. The van der Waals surface area contributed by atoms with Crippen molar-refractivity contribution in [3.63, 3.8) is 0 Å². The Bertz CT molecular complexity index is 1120. The van der Waals surface area contributed by atoms with Crippen molar-refractivity contribution in [2.45, 2.75) is 19.8 Å². The number of hydrogen-bond donors (Lipinski definition) is 0. The van der Waals surface area contributed by atoms with Crippen molar-refractivity contribution < 1.29 is 33.3 Å². The molecule has 178 valence electrons. The zero-order valence-electron chi connectivity index (χ0n) is 19.2. The van der Waals surface area contributed by atoms with E-state index in [1.165, 1.54) is 0 Å². The molecule has 2 aliphatic rings. The normalized spacial score (nSPS) is 18.3. The standard InChI is InChI=1S/C26H27NO7/c1-3-32-26(30)18-7-5-11-27(15-18)24(28)16-33-20-9-10-21-22(14-20)34-23(25(21)29)13-17-6-4-8-19(12-17)31-2/h4,6,8-10,12-14,18H,3,5,7,11,15-16H2,1-2H3. The highest BCUT2D eigenvalue weighted by Crippen LogP contribution is 2.35. The first-order valence-corrected chi connectivity index (χ1v) is 11.3. The molecule has 2 aliphatic heterocycles. The van der Waals surface area contributed by atoms with E-state index < -0.39 is 0 Å². The highest BCUT2D eigenvalue weighted by atomic mass is 16.5. The largest absolute Gasteiger partial charge is 0.497 e. The highest BCUT2D eigenvalue weighted by Gasteiger charge is 2.30. The van der Waals surface area contributed by atoms with Gasteiger partial charge >= 0.3 is 5.97 Å². The molecule has 2 aromatic rings. The lowest BCUT2D eigenvalue weighted by molar-refractivity contribution is -0.151. The van der Waals surface area contributed by atoms with E-state index in [4.69, 9.17) is 18.9 Å². The summed E-state index contributed by atoms with van der Waals surface area (Å²) in [6.07, 6.45) is 3.11. The number of nitrogens with zero attached hydrogens (tertiary/aromatic N) is 1. The summed E-state index contributed by atoms with van der Waals surface area (Å²) in [7, 11) is 1.58. The summed E-state index contributed by atoms with van der Waals surface area (Å²) in [4.78, 5) is 39.0. The Morgan fingerprint density at radius 3 is 2.82 bits per heavy atom. The van der Waals surface area contributed by atoms with Gasteiger partial charge in [-0.15, -0.1) is 0 Å². The molecule has 0 radical (unpaired) electrons. The lowest BCUT2D eigenvalue weighted by Crippen LogP contribution is -2.44. The topological polar surface area (TPSA) is 91.4 Å². The van der Waals surface area contributed by atoms with E-state index in [0.717, 1.165) is 12.0 Å². The van der Waals surface area contributed by atoms with E-state index in [2.05, 4.69) is 0 Å². The Hall–Kier alpha value is -3.81. The van der Waals surface area contributed by atoms with Crippen LogP contribution in [0, 0.1) is 5.92 Å². The highest BCUT2D eigenvalue weighted by molar-refractivity contribution is 6.14. The Labute approximate surface area is 198 Å². The minimum atomic E-state index is -0.299. The molecule has 8 nitrogen and oxygen atoms in total. The second kappa shape index (κ2) is 10.4. The SMILES string of the molecule is CCOC(=O)C1CCCN(C(=O)COc2ccc3c(c2)OC(=Cc2cccc(OC)c2)C3=O)C1. The number of hydrogen-bond acceptors (Lipinski definition) is 7. The summed E-state index contributed by atoms with van der Waals surface area (Å²) in [5, 5.41) is 0. The summed E-state index contributed by atoms with van der Waals surface area (Å²) in [6, 6.07) is 12.2. The van der Waals surface area contributed by atoms with Crippen molar-refractivity contribution in [2.75, 3.05) is 33.4 Å². The third kappa shape index (κ3) is 5.22. The Morgan fingerprint density at radius 2 is 2.03 bits per heavy atom. The molecule has 0 saturated carbocycles. The molecule has 2 heterocycles. The maximum absolute atomic E-state index is 12.7. The molecule has 1 unspecified atom stereocenters. The molecule has 0 aromatic heterocycles. The molecular weight excluding hydrogens is 438 g/mol. The number of carbonyl (C=O) groups excluding carboxylic acids is 3. The summed E-state index contributed by atoms with van der Waals surface area (Å²) in [5.74, 6) is 0.690. The van der Waals surface area contributed by atoms with Crippen LogP contribution in [0.3, 0.4) is 0 Å². The van der Waals surface area contributed by atoms with Crippen LogP contribution in [0.15, 0.2) is 48.2 Å². The average Bonchev–Trinajstić information content (AvgIpc) is 3.17. The minimum Gasteiger partial charge on any atom is -0.497 e. The van der Waals surface area contributed by atoms with Gasteiger partial charge in [-0.25, -0.2) is 0 Å².